The van der Waals surface area contributed by atoms with Gasteiger partial charge in [0, 0.05) is 29.7 Å². The third-order valence-corrected chi connectivity index (χ3v) is 9.37. The van der Waals surface area contributed by atoms with Crippen LogP contribution in [0.15, 0.2) is 23.8 Å². The van der Waals surface area contributed by atoms with Gasteiger partial charge in [-0.1, -0.05) is 38.5 Å². The maximum Gasteiger partial charge on any atom is 0.155 e. The van der Waals surface area contributed by atoms with Crippen molar-refractivity contribution < 1.29 is 9.59 Å². The summed E-state index contributed by atoms with van der Waals surface area (Å²) in [5.41, 5.74) is 8.74. The molecule has 0 aromatic heterocycles. The number of fused-ring (bicyclic) bond motifs is 5. The number of ketones is 2. The molecule has 3 fully saturated rings. The Morgan fingerprint density at radius 3 is 2.50 bits per heavy atom. The normalized spacial score (nSPS) is 50.6. The highest BCUT2D eigenvalue weighted by molar-refractivity contribution is 5.93. The highest BCUT2D eigenvalue weighted by Gasteiger charge is 2.72. The van der Waals surface area contributed by atoms with Crippen LogP contribution in [-0.2, 0) is 9.59 Å². The summed E-state index contributed by atoms with van der Waals surface area (Å²) in [7, 11) is 0. The molecule has 0 radical (unpaired) electrons. The van der Waals surface area contributed by atoms with Crippen LogP contribution in [0.25, 0.3) is 0 Å². The molecular weight excluding hydrogens is 322 g/mol. The number of rotatable bonds is 1. The van der Waals surface area contributed by atoms with Crippen molar-refractivity contribution in [3.8, 4) is 0 Å². The first-order valence-corrected chi connectivity index (χ1v) is 10.2. The second-order valence-corrected chi connectivity index (χ2v) is 10.4. The van der Waals surface area contributed by atoms with Gasteiger partial charge in [-0.2, -0.15) is 0 Å². The summed E-state index contributed by atoms with van der Waals surface area (Å²) < 4.78 is 0. The maximum atomic E-state index is 13.6. The highest BCUT2D eigenvalue weighted by Crippen LogP contribution is 2.72. The molecule has 3 heteroatoms. The summed E-state index contributed by atoms with van der Waals surface area (Å²) in [6.07, 6.45) is 7.55. The van der Waals surface area contributed by atoms with Crippen LogP contribution in [0.2, 0.25) is 0 Å². The fourth-order valence-corrected chi connectivity index (χ4v) is 7.71. The first-order valence-electron chi connectivity index (χ1n) is 10.2. The second-order valence-electron chi connectivity index (χ2n) is 10.4. The molecule has 0 heterocycles. The van der Waals surface area contributed by atoms with E-state index in [4.69, 9.17) is 5.73 Å². The third-order valence-electron chi connectivity index (χ3n) is 9.37. The molecule has 0 spiro atoms. The van der Waals surface area contributed by atoms with Crippen LogP contribution in [-0.4, -0.2) is 17.1 Å². The summed E-state index contributed by atoms with van der Waals surface area (Å²) in [5, 5.41) is 0. The molecule has 3 nitrogen and oxygen atoms in total. The lowest BCUT2D eigenvalue weighted by atomic mass is 9.38. The Bertz CT molecular complexity index is 751. The zero-order chi connectivity index (χ0) is 19.1. The minimum absolute atomic E-state index is 0.0712. The first kappa shape index (κ1) is 18.2. The Hall–Kier alpha value is -1.22. The van der Waals surface area contributed by atoms with E-state index in [2.05, 4.69) is 34.3 Å². The van der Waals surface area contributed by atoms with E-state index in [0.29, 0.717) is 24.5 Å². The minimum Gasteiger partial charge on any atom is -0.324 e. The van der Waals surface area contributed by atoms with E-state index < -0.39 is 5.54 Å². The number of hydrogen-bond acceptors (Lipinski definition) is 3. The van der Waals surface area contributed by atoms with Crippen LogP contribution in [0.3, 0.4) is 0 Å². The van der Waals surface area contributed by atoms with E-state index in [1.807, 2.05) is 6.08 Å². The molecule has 2 N–H and O–H groups in total. The third kappa shape index (κ3) is 1.88. The van der Waals surface area contributed by atoms with Crippen LogP contribution < -0.4 is 5.73 Å². The van der Waals surface area contributed by atoms with Crippen molar-refractivity contribution in [3.05, 3.63) is 23.8 Å². The molecule has 6 atom stereocenters. The molecule has 1 unspecified atom stereocenters. The Morgan fingerprint density at radius 1 is 1.15 bits per heavy atom. The molecule has 3 saturated carbocycles. The lowest BCUT2D eigenvalue weighted by molar-refractivity contribution is -0.163. The van der Waals surface area contributed by atoms with Gasteiger partial charge in [0.15, 0.2) is 5.78 Å². The Morgan fingerprint density at radius 2 is 1.85 bits per heavy atom. The van der Waals surface area contributed by atoms with Crippen LogP contribution in [0.4, 0.5) is 0 Å². The molecule has 4 aliphatic carbocycles. The quantitative estimate of drug-likeness (QED) is 0.711. The molecule has 0 aliphatic heterocycles. The van der Waals surface area contributed by atoms with Gasteiger partial charge in [0.2, 0.25) is 0 Å². The van der Waals surface area contributed by atoms with Gasteiger partial charge in [0.05, 0.1) is 0 Å². The van der Waals surface area contributed by atoms with E-state index in [9.17, 15) is 9.59 Å². The first-order chi connectivity index (χ1) is 12.0. The molecule has 0 bridgehead atoms. The van der Waals surface area contributed by atoms with Crippen molar-refractivity contribution in [1.29, 1.82) is 0 Å². The molecule has 4 aliphatic rings. The molecule has 26 heavy (non-hydrogen) atoms. The second kappa shape index (κ2) is 5.19. The fourth-order valence-electron chi connectivity index (χ4n) is 7.71. The van der Waals surface area contributed by atoms with E-state index >= 15 is 0 Å². The summed E-state index contributed by atoms with van der Waals surface area (Å²) in [6.45, 7) is 13.2. The number of hydrogen-bond donors (Lipinski definition) is 1. The van der Waals surface area contributed by atoms with E-state index in [1.54, 1.807) is 0 Å². The Balaban J connectivity index is 1.87. The van der Waals surface area contributed by atoms with Crippen LogP contribution in [0, 0.1) is 28.1 Å². The number of carbonyl (C=O) groups excluding carboxylic acids is 2. The number of Topliss-reactive ketones (excluding diaryl/α,β-unsaturated/α-hetero) is 1. The van der Waals surface area contributed by atoms with Gasteiger partial charge in [0.1, 0.15) is 5.78 Å². The predicted molar refractivity (Wildman–Crippen MR) is 103 cm³/mol. The van der Waals surface area contributed by atoms with Crippen molar-refractivity contribution in [1.82, 2.24) is 0 Å². The smallest absolute Gasteiger partial charge is 0.155 e. The number of allylic oxidation sites excluding steroid dienone is 2. The summed E-state index contributed by atoms with van der Waals surface area (Å²) in [4.78, 5) is 25.6. The van der Waals surface area contributed by atoms with Crippen LogP contribution in [0.1, 0.15) is 72.6 Å². The average molecular weight is 356 g/mol. The Labute approximate surface area is 157 Å². The minimum atomic E-state index is -0.492. The number of carbonyl (C=O) groups is 2. The van der Waals surface area contributed by atoms with Gasteiger partial charge in [0.25, 0.3) is 0 Å². The monoisotopic (exact) mass is 355 g/mol. The fraction of sp³-hybridized carbons (Fsp3) is 0.739. The Kier molecular flexibility index (Phi) is 3.62. The highest BCUT2D eigenvalue weighted by atomic mass is 16.1. The van der Waals surface area contributed by atoms with Crippen molar-refractivity contribution >= 4 is 11.6 Å². The van der Waals surface area contributed by atoms with Crippen molar-refractivity contribution in [3.63, 3.8) is 0 Å². The van der Waals surface area contributed by atoms with Gasteiger partial charge in [-0.25, -0.2) is 0 Å². The zero-order valence-electron chi connectivity index (χ0n) is 16.8. The van der Waals surface area contributed by atoms with Gasteiger partial charge in [-0.15, -0.1) is 0 Å². The van der Waals surface area contributed by atoms with Gasteiger partial charge >= 0.3 is 0 Å². The van der Waals surface area contributed by atoms with E-state index in [-0.39, 0.29) is 27.9 Å². The summed E-state index contributed by atoms with van der Waals surface area (Å²) in [6, 6.07) is 0. The molecule has 0 saturated heterocycles. The molecular formula is C23H33NO2. The van der Waals surface area contributed by atoms with E-state index in [0.717, 1.165) is 32.1 Å². The molecule has 0 amide bonds. The lowest BCUT2D eigenvalue weighted by Crippen LogP contribution is -2.73. The summed E-state index contributed by atoms with van der Waals surface area (Å²) >= 11 is 0. The largest absolute Gasteiger partial charge is 0.324 e. The van der Waals surface area contributed by atoms with Crippen molar-refractivity contribution in [2.75, 3.05) is 0 Å². The lowest BCUT2D eigenvalue weighted by Gasteiger charge is -2.67. The zero-order valence-corrected chi connectivity index (χ0v) is 16.8. The van der Waals surface area contributed by atoms with Crippen LogP contribution >= 0.6 is 0 Å². The topological polar surface area (TPSA) is 60.2 Å². The van der Waals surface area contributed by atoms with E-state index in [1.165, 1.54) is 11.1 Å². The summed E-state index contributed by atoms with van der Waals surface area (Å²) in [5.74, 6) is 0.744. The maximum absolute atomic E-state index is 13.6. The average Bonchev–Trinajstić information content (AvgIpc) is 2.81. The predicted octanol–water partition coefficient (Wildman–Crippen LogP) is 4.36. The van der Waals surface area contributed by atoms with Crippen LogP contribution in [0.5, 0.6) is 0 Å². The van der Waals surface area contributed by atoms with Gasteiger partial charge < -0.3 is 5.73 Å². The molecule has 4 rings (SSSR count). The number of nitrogens with two attached hydrogens (primary N) is 1. The van der Waals surface area contributed by atoms with Gasteiger partial charge in [-0.05, 0) is 61.9 Å². The van der Waals surface area contributed by atoms with Crippen molar-refractivity contribution in [2.45, 2.75) is 78.2 Å². The molecule has 0 aromatic rings. The van der Waals surface area contributed by atoms with Gasteiger partial charge in [-0.3, -0.25) is 9.59 Å². The standard InChI is InChI=1S/C23H33NO2/c1-14(2)17-8-10-22(5)21(17,4)13-18(26)19-20(3)9-7-16(25)12-15(20)6-11-23(19,22)24/h12,17,19H,1,6-11,13,24H2,2-5H3/t17-,19?,20+,21-,22+,23+/m1/s1. The SMILES string of the molecule is C=C(C)[C@H]1CC[C@]2(C)[C@]3(N)CCC4=CC(=O)CC[C@]4(C)C3C(=O)C[C@]12C. The molecule has 0 aromatic carbocycles. The van der Waals surface area contributed by atoms with Crippen molar-refractivity contribution in [2.24, 2.45) is 33.8 Å². The molecule has 142 valence electrons.